The van der Waals surface area contributed by atoms with Gasteiger partial charge in [-0.25, -0.2) is 0 Å². The number of carbonyl (C=O) groups is 1. The van der Waals surface area contributed by atoms with E-state index in [0.29, 0.717) is 30.0 Å². The van der Waals surface area contributed by atoms with Crippen LogP contribution in [0.25, 0.3) is 0 Å². The number of halogens is 1. The van der Waals surface area contributed by atoms with Crippen molar-refractivity contribution in [2.24, 2.45) is 0 Å². The van der Waals surface area contributed by atoms with Gasteiger partial charge in [0.15, 0.2) is 0 Å². The smallest absolute Gasteiger partial charge is 0.275 e. The van der Waals surface area contributed by atoms with Gasteiger partial charge >= 0.3 is 0 Å². The Morgan fingerprint density at radius 2 is 2.12 bits per heavy atom. The SMILES string of the molecule is CCC/C(NC)=C(\Cl)C(=N)C(=O)Nc1ccc([C@H]2O[C@@H]3CN[C@H]2C3)cc1. The van der Waals surface area contributed by atoms with E-state index in [9.17, 15) is 4.79 Å². The van der Waals surface area contributed by atoms with Crippen molar-refractivity contribution in [3.05, 3.63) is 40.6 Å². The van der Waals surface area contributed by atoms with Crippen molar-refractivity contribution >= 4 is 28.9 Å². The Hall–Kier alpha value is -1.89. The molecule has 2 aliphatic heterocycles. The number of fused-ring (bicyclic) bond motifs is 2. The fraction of sp³-hybridized carbons (Fsp3) is 0.474. The summed E-state index contributed by atoms with van der Waals surface area (Å²) in [6.07, 6.45) is 3.00. The van der Waals surface area contributed by atoms with Gasteiger partial charge < -0.3 is 20.7 Å². The van der Waals surface area contributed by atoms with Crippen LogP contribution in [0.3, 0.4) is 0 Å². The normalized spacial score (nSPS) is 25.0. The second-order valence-corrected chi connectivity index (χ2v) is 7.05. The third-order valence-corrected chi connectivity index (χ3v) is 5.26. The zero-order valence-corrected chi connectivity index (χ0v) is 15.8. The second-order valence-electron chi connectivity index (χ2n) is 6.67. The van der Waals surface area contributed by atoms with Crippen LogP contribution in [0.2, 0.25) is 0 Å². The first-order valence-electron chi connectivity index (χ1n) is 8.99. The Morgan fingerprint density at radius 3 is 2.65 bits per heavy atom. The molecule has 26 heavy (non-hydrogen) atoms. The number of anilines is 1. The summed E-state index contributed by atoms with van der Waals surface area (Å²) >= 11 is 6.19. The Balaban J connectivity index is 1.63. The van der Waals surface area contributed by atoms with E-state index in [-0.39, 0.29) is 16.8 Å². The first kappa shape index (κ1) is 18.9. The summed E-state index contributed by atoms with van der Waals surface area (Å²) in [5, 5.41) is 17.3. The molecule has 2 saturated heterocycles. The summed E-state index contributed by atoms with van der Waals surface area (Å²) in [6, 6.07) is 7.95. The number of rotatable bonds is 7. The molecule has 3 rings (SSSR count). The lowest BCUT2D eigenvalue weighted by molar-refractivity contribution is -0.110. The number of nitrogens with one attached hydrogen (secondary N) is 4. The predicted molar refractivity (Wildman–Crippen MR) is 104 cm³/mol. The van der Waals surface area contributed by atoms with Crippen LogP contribution in [-0.4, -0.2) is 37.4 Å². The highest BCUT2D eigenvalue weighted by Gasteiger charge is 2.41. The monoisotopic (exact) mass is 376 g/mol. The first-order valence-corrected chi connectivity index (χ1v) is 9.36. The maximum absolute atomic E-state index is 12.3. The number of allylic oxidation sites excluding steroid dienone is 1. The fourth-order valence-corrected chi connectivity index (χ4v) is 3.75. The molecule has 0 radical (unpaired) electrons. The van der Waals surface area contributed by atoms with Gasteiger partial charge in [-0.1, -0.05) is 37.1 Å². The molecule has 2 heterocycles. The number of ether oxygens (including phenoxy) is 1. The molecule has 6 nitrogen and oxygen atoms in total. The van der Waals surface area contributed by atoms with Crippen molar-refractivity contribution in [1.29, 1.82) is 5.41 Å². The molecule has 1 aromatic rings. The lowest BCUT2D eigenvalue weighted by Crippen LogP contribution is -2.34. The lowest BCUT2D eigenvalue weighted by atomic mass is 10.0. The van der Waals surface area contributed by atoms with E-state index < -0.39 is 5.91 Å². The van der Waals surface area contributed by atoms with Crippen LogP contribution in [-0.2, 0) is 9.53 Å². The number of amides is 1. The van der Waals surface area contributed by atoms with Crippen LogP contribution in [0.15, 0.2) is 35.0 Å². The first-order chi connectivity index (χ1) is 12.5. The third kappa shape index (κ3) is 3.92. The number of hydrogen-bond acceptors (Lipinski definition) is 5. The molecule has 1 aromatic carbocycles. The molecule has 2 fully saturated rings. The van der Waals surface area contributed by atoms with Gasteiger partial charge in [0, 0.05) is 31.0 Å². The predicted octanol–water partition coefficient (Wildman–Crippen LogP) is 2.92. The number of morpholine rings is 1. The minimum absolute atomic E-state index is 0.0707. The molecule has 0 unspecified atom stereocenters. The highest BCUT2D eigenvalue weighted by Crippen LogP contribution is 2.37. The highest BCUT2D eigenvalue weighted by molar-refractivity contribution is 6.60. The second kappa shape index (κ2) is 8.20. The largest absolute Gasteiger partial charge is 0.390 e. The Kier molecular flexibility index (Phi) is 5.96. The molecule has 2 aliphatic rings. The third-order valence-electron chi connectivity index (χ3n) is 4.84. The van der Waals surface area contributed by atoms with Crippen LogP contribution < -0.4 is 16.0 Å². The fourth-order valence-electron chi connectivity index (χ4n) is 3.47. The molecule has 1 amide bonds. The van der Waals surface area contributed by atoms with Crippen molar-refractivity contribution in [1.82, 2.24) is 10.6 Å². The maximum atomic E-state index is 12.3. The van der Waals surface area contributed by atoms with E-state index in [1.807, 2.05) is 31.2 Å². The molecular weight excluding hydrogens is 352 g/mol. The van der Waals surface area contributed by atoms with Gasteiger partial charge in [0.05, 0.1) is 17.2 Å². The number of carbonyl (C=O) groups excluding carboxylic acids is 1. The average Bonchev–Trinajstić information content (AvgIpc) is 3.29. The van der Waals surface area contributed by atoms with Crippen molar-refractivity contribution in [2.75, 3.05) is 18.9 Å². The van der Waals surface area contributed by atoms with Gasteiger partial charge in [0.25, 0.3) is 5.91 Å². The average molecular weight is 377 g/mol. The standard InChI is InChI=1S/C19H25ClN4O2/c1-3-4-14(22-2)16(20)17(21)19(25)24-12-7-5-11(6-8-12)18-15-9-13(26-18)10-23-15/h5-8,13,15,18,21-23H,3-4,9-10H2,1-2H3,(H,24,25)/b16-14+,21-17?/t13-,15-,18+/m0/s1. The minimum atomic E-state index is -0.524. The summed E-state index contributed by atoms with van der Waals surface area (Å²) in [4.78, 5) is 12.3. The van der Waals surface area contributed by atoms with Crippen molar-refractivity contribution in [2.45, 2.75) is 44.4 Å². The summed E-state index contributed by atoms with van der Waals surface area (Å²) in [5.74, 6) is -0.524. The molecule has 0 aliphatic carbocycles. The van der Waals surface area contributed by atoms with E-state index in [0.717, 1.165) is 24.9 Å². The van der Waals surface area contributed by atoms with Crippen molar-refractivity contribution in [3.63, 3.8) is 0 Å². The Bertz CT molecular complexity index is 717. The van der Waals surface area contributed by atoms with Gasteiger partial charge in [-0.05, 0) is 30.5 Å². The quantitative estimate of drug-likeness (QED) is 0.551. The Labute approximate surface area is 158 Å². The van der Waals surface area contributed by atoms with Gasteiger partial charge in [0.1, 0.15) is 5.71 Å². The summed E-state index contributed by atoms with van der Waals surface area (Å²) in [5.41, 5.74) is 2.18. The minimum Gasteiger partial charge on any atom is -0.390 e. The van der Waals surface area contributed by atoms with Crippen LogP contribution in [0.1, 0.15) is 37.9 Å². The van der Waals surface area contributed by atoms with E-state index in [1.54, 1.807) is 7.05 Å². The van der Waals surface area contributed by atoms with E-state index in [4.69, 9.17) is 21.7 Å². The topological polar surface area (TPSA) is 86.2 Å². The summed E-state index contributed by atoms with van der Waals surface area (Å²) < 4.78 is 5.98. The lowest BCUT2D eigenvalue weighted by Gasteiger charge is -2.23. The molecule has 4 N–H and O–H groups in total. The molecule has 0 spiro atoms. The molecule has 0 aromatic heterocycles. The molecule has 2 bridgehead atoms. The van der Waals surface area contributed by atoms with Crippen LogP contribution in [0, 0.1) is 5.41 Å². The van der Waals surface area contributed by atoms with Crippen LogP contribution in [0.5, 0.6) is 0 Å². The molecular formula is C19H25ClN4O2. The zero-order chi connectivity index (χ0) is 18.7. The summed E-state index contributed by atoms with van der Waals surface area (Å²) in [6.45, 7) is 2.94. The maximum Gasteiger partial charge on any atom is 0.275 e. The van der Waals surface area contributed by atoms with Gasteiger partial charge in [0.2, 0.25) is 0 Å². The van der Waals surface area contributed by atoms with E-state index in [2.05, 4.69) is 16.0 Å². The van der Waals surface area contributed by atoms with Crippen LogP contribution in [0.4, 0.5) is 5.69 Å². The Morgan fingerprint density at radius 1 is 1.38 bits per heavy atom. The highest BCUT2D eigenvalue weighted by atomic mass is 35.5. The molecule has 0 saturated carbocycles. The van der Waals surface area contributed by atoms with E-state index >= 15 is 0 Å². The molecule has 3 atom stereocenters. The molecule has 140 valence electrons. The van der Waals surface area contributed by atoms with Gasteiger partial charge in [-0.15, -0.1) is 0 Å². The van der Waals surface area contributed by atoms with Crippen LogP contribution >= 0.6 is 11.6 Å². The number of hydrogen-bond donors (Lipinski definition) is 4. The van der Waals surface area contributed by atoms with Gasteiger partial charge in [-0.2, -0.15) is 0 Å². The zero-order valence-electron chi connectivity index (χ0n) is 15.1. The summed E-state index contributed by atoms with van der Waals surface area (Å²) in [7, 11) is 1.74. The number of benzene rings is 1. The van der Waals surface area contributed by atoms with Crippen molar-refractivity contribution in [3.8, 4) is 0 Å². The molecule has 7 heteroatoms. The van der Waals surface area contributed by atoms with Gasteiger partial charge in [-0.3, -0.25) is 10.2 Å². The van der Waals surface area contributed by atoms with Crippen molar-refractivity contribution < 1.29 is 9.53 Å². The van der Waals surface area contributed by atoms with E-state index in [1.165, 1.54) is 0 Å².